The molecule has 1 fully saturated rings. The van der Waals surface area contributed by atoms with Crippen molar-refractivity contribution in [3.8, 4) is 0 Å². The highest BCUT2D eigenvalue weighted by atomic mass is 32.2. The highest BCUT2D eigenvalue weighted by Crippen LogP contribution is 2.25. The van der Waals surface area contributed by atoms with E-state index in [0.29, 0.717) is 16.8 Å². The zero-order valence-electron chi connectivity index (χ0n) is 14.6. The van der Waals surface area contributed by atoms with Gasteiger partial charge in [-0.25, -0.2) is 0 Å². The van der Waals surface area contributed by atoms with E-state index in [1.807, 2.05) is 41.3 Å². The molecule has 4 nitrogen and oxygen atoms in total. The monoisotopic (exact) mass is 366 g/mol. The van der Waals surface area contributed by atoms with E-state index in [2.05, 4.69) is 11.9 Å². The summed E-state index contributed by atoms with van der Waals surface area (Å²) in [4.78, 5) is 28.3. The van der Waals surface area contributed by atoms with Crippen LogP contribution in [0.25, 0.3) is 0 Å². The number of carbonyl (C=O) groups excluding carboxylic acids is 2. The minimum Gasteiger partial charge on any atom is -0.339 e. The predicted octanol–water partition coefficient (Wildman–Crippen LogP) is 4.45. The second-order valence-corrected chi connectivity index (χ2v) is 7.16. The molecule has 1 N–H and O–H groups in total. The van der Waals surface area contributed by atoms with E-state index in [1.54, 1.807) is 30.0 Å². The van der Waals surface area contributed by atoms with Gasteiger partial charge in [-0.15, -0.1) is 18.3 Å². The number of rotatable bonds is 6. The van der Waals surface area contributed by atoms with Crippen LogP contribution in [0.15, 0.2) is 66.1 Å². The van der Waals surface area contributed by atoms with E-state index < -0.39 is 0 Å². The topological polar surface area (TPSA) is 49.4 Å². The molecule has 2 amide bonds. The molecule has 0 bridgehead atoms. The van der Waals surface area contributed by atoms with Crippen LogP contribution in [0.4, 0.5) is 5.69 Å². The van der Waals surface area contributed by atoms with Crippen LogP contribution in [0.5, 0.6) is 0 Å². The van der Waals surface area contributed by atoms with Gasteiger partial charge in [-0.3, -0.25) is 9.59 Å². The minimum atomic E-state index is -0.209. The first-order valence-corrected chi connectivity index (χ1v) is 9.71. The molecule has 2 aromatic rings. The van der Waals surface area contributed by atoms with Crippen LogP contribution in [-0.2, 0) is 0 Å². The Morgan fingerprint density at radius 2 is 1.69 bits per heavy atom. The Hall–Kier alpha value is -2.53. The zero-order chi connectivity index (χ0) is 18.4. The van der Waals surface area contributed by atoms with Crippen molar-refractivity contribution in [3.63, 3.8) is 0 Å². The maximum absolute atomic E-state index is 12.8. The SMILES string of the molecule is C=CCSc1ccccc1C(=O)Nc1ccccc1C(=O)N1CCCC1. The van der Waals surface area contributed by atoms with Gasteiger partial charge >= 0.3 is 0 Å². The summed E-state index contributed by atoms with van der Waals surface area (Å²) < 4.78 is 0. The molecule has 3 rings (SSSR count). The lowest BCUT2D eigenvalue weighted by Gasteiger charge is -2.18. The molecule has 1 aliphatic heterocycles. The Bertz CT molecular complexity index is 813. The molecule has 0 spiro atoms. The number of nitrogens with zero attached hydrogens (tertiary/aromatic N) is 1. The van der Waals surface area contributed by atoms with Gasteiger partial charge in [-0.1, -0.05) is 30.3 Å². The lowest BCUT2D eigenvalue weighted by Crippen LogP contribution is -2.28. The van der Waals surface area contributed by atoms with Crippen LogP contribution < -0.4 is 5.32 Å². The quantitative estimate of drug-likeness (QED) is 0.607. The Morgan fingerprint density at radius 3 is 2.42 bits per heavy atom. The molecule has 0 saturated carbocycles. The molecule has 0 aliphatic carbocycles. The first-order chi connectivity index (χ1) is 12.7. The number of amides is 2. The molecular formula is C21H22N2O2S. The average molecular weight is 366 g/mol. The third kappa shape index (κ3) is 4.17. The first kappa shape index (κ1) is 18.3. The van der Waals surface area contributed by atoms with E-state index in [0.717, 1.165) is 36.6 Å². The number of benzene rings is 2. The smallest absolute Gasteiger partial charge is 0.256 e. The van der Waals surface area contributed by atoms with Gasteiger partial charge in [0.15, 0.2) is 0 Å². The first-order valence-electron chi connectivity index (χ1n) is 8.73. The van der Waals surface area contributed by atoms with Gasteiger partial charge in [-0.2, -0.15) is 0 Å². The van der Waals surface area contributed by atoms with Crippen LogP contribution in [0.2, 0.25) is 0 Å². The summed E-state index contributed by atoms with van der Waals surface area (Å²) in [5.41, 5.74) is 1.69. The standard InChI is InChI=1S/C21H22N2O2S/c1-2-15-26-19-12-6-4-10-17(19)20(24)22-18-11-5-3-9-16(18)21(25)23-13-7-8-14-23/h2-6,9-12H,1,7-8,13-15H2,(H,22,24). The van der Waals surface area contributed by atoms with Crippen molar-refractivity contribution >= 4 is 29.3 Å². The molecule has 0 atom stereocenters. The molecule has 1 aliphatic rings. The molecule has 2 aromatic carbocycles. The van der Waals surface area contributed by atoms with Crippen LogP contribution in [-0.4, -0.2) is 35.6 Å². The molecule has 1 saturated heterocycles. The second-order valence-electron chi connectivity index (χ2n) is 6.09. The number of anilines is 1. The predicted molar refractivity (Wildman–Crippen MR) is 107 cm³/mol. The number of likely N-dealkylation sites (tertiary alicyclic amines) is 1. The molecule has 1 heterocycles. The van der Waals surface area contributed by atoms with Crippen molar-refractivity contribution in [1.29, 1.82) is 0 Å². The number of carbonyl (C=O) groups is 2. The summed E-state index contributed by atoms with van der Waals surface area (Å²) in [6.45, 7) is 5.28. The lowest BCUT2D eigenvalue weighted by atomic mass is 10.1. The highest BCUT2D eigenvalue weighted by molar-refractivity contribution is 7.99. The van der Waals surface area contributed by atoms with Gasteiger partial charge in [0.2, 0.25) is 0 Å². The van der Waals surface area contributed by atoms with E-state index in [1.165, 1.54) is 0 Å². The van der Waals surface area contributed by atoms with E-state index >= 15 is 0 Å². The fourth-order valence-corrected chi connectivity index (χ4v) is 3.78. The number of para-hydroxylation sites is 1. The molecule has 5 heteroatoms. The van der Waals surface area contributed by atoms with Crippen LogP contribution in [0.3, 0.4) is 0 Å². The molecule has 0 radical (unpaired) electrons. The van der Waals surface area contributed by atoms with Crippen molar-refractivity contribution in [3.05, 3.63) is 72.3 Å². The molecular weight excluding hydrogens is 344 g/mol. The Morgan fingerprint density at radius 1 is 1.04 bits per heavy atom. The normalized spacial score (nSPS) is 13.5. The summed E-state index contributed by atoms with van der Waals surface area (Å²) in [5.74, 6) is 0.500. The van der Waals surface area contributed by atoms with Gasteiger partial charge in [-0.05, 0) is 37.1 Å². The van der Waals surface area contributed by atoms with Crippen molar-refractivity contribution in [2.75, 3.05) is 24.2 Å². The summed E-state index contributed by atoms with van der Waals surface area (Å²) in [7, 11) is 0. The number of nitrogens with one attached hydrogen (secondary N) is 1. The van der Waals surface area contributed by atoms with Gasteiger partial charge in [0.05, 0.1) is 16.8 Å². The number of hydrogen-bond acceptors (Lipinski definition) is 3. The molecule has 0 aromatic heterocycles. The van der Waals surface area contributed by atoms with Crippen LogP contribution in [0, 0.1) is 0 Å². The molecule has 26 heavy (non-hydrogen) atoms. The number of thioether (sulfide) groups is 1. The largest absolute Gasteiger partial charge is 0.339 e. The second kappa shape index (κ2) is 8.72. The third-order valence-corrected chi connectivity index (χ3v) is 5.36. The summed E-state index contributed by atoms with van der Waals surface area (Å²) >= 11 is 1.56. The van der Waals surface area contributed by atoms with Crippen molar-refractivity contribution in [2.45, 2.75) is 17.7 Å². The maximum atomic E-state index is 12.8. The zero-order valence-corrected chi connectivity index (χ0v) is 15.4. The van der Waals surface area contributed by atoms with E-state index in [-0.39, 0.29) is 11.8 Å². The van der Waals surface area contributed by atoms with Crippen LogP contribution >= 0.6 is 11.8 Å². The average Bonchev–Trinajstić information content (AvgIpc) is 3.21. The Kier molecular flexibility index (Phi) is 6.12. The van der Waals surface area contributed by atoms with Crippen LogP contribution in [0.1, 0.15) is 33.6 Å². The van der Waals surface area contributed by atoms with E-state index in [9.17, 15) is 9.59 Å². The van der Waals surface area contributed by atoms with Gasteiger partial charge < -0.3 is 10.2 Å². The summed E-state index contributed by atoms with van der Waals surface area (Å²) in [6, 6.07) is 14.7. The third-order valence-electron chi connectivity index (χ3n) is 4.29. The Labute approximate surface area is 158 Å². The van der Waals surface area contributed by atoms with E-state index in [4.69, 9.17) is 0 Å². The molecule has 0 unspecified atom stereocenters. The number of hydrogen-bond donors (Lipinski definition) is 1. The maximum Gasteiger partial charge on any atom is 0.256 e. The summed E-state index contributed by atoms with van der Waals surface area (Å²) in [6.07, 6.45) is 3.88. The minimum absolute atomic E-state index is 0.0206. The highest BCUT2D eigenvalue weighted by Gasteiger charge is 2.22. The van der Waals surface area contributed by atoms with Crippen molar-refractivity contribution in [2.24, 2.45) is 0 Å². The summed E-state index contributed by atoms with van der Waals surface area (Å²) in [5, 5.41) is 2.92. The fourth-order valence-electron chi connectivity index (χ4n) is 2.99. The van der Waals surface area contributed by atoms with Gasteiger partial charge in [0.1, 0.15) is 0 Å². The van der Waals surface area contributed by atoms with Gasteiger partial charge in [0.25, 0.3) is 11.8 Å². The van der Waals surface area contributed by atoms with Gasteiger partial charge in [0, 0.05) is 23.7 Å². The van der Waals surface area contributed by atoms with Crippen molar-refractivity contribution in [1.82, 2.24) is 4.90 Å². The Balaban J connectivity index is 1.82. The fraction of sp³-hybridized carbons (Fsp3) is 0.238. The lowest BCUT2D eigenvalue weighted by molar-refractivity contribution is 0.0794. The van der Waals surface area contributed by atoms with Crippen molar-refractivity contribution < 1.29 is 9.59 Å². The molecule has 134 valence electrons.